The first kappa shape index (κ1) is 64.6. The molecule has 1 atom stereocenters. The van der Waals surface area contributed by atoms with E-state index in [1.807, 2.05) is 0 Å². The number of carbonyl (C=O) groups is 3. The Hall–Kier alpha value is -3.41. The molecule has 0 N–H and O–H groups in total. The highest BCUT2D eigenvalue weighted by atomic mass is 16.6. The van der Waals surface area contributed by atoms with Gasteiger partial charge in [0.1, 0.15) is 13.2 Å². The van der Waals surface area contributed by atoms with Gasteiger partial charge >= 0.3 is 17.9 Å². The highest BCUT2D eigenvalue weighted by molar-refractivity contribution is 5.71. The van der Waals surface area contributed by atoms with E-state index in [4.69, 9.17) is 14.2 Å². The summed E-state index contributed by atoms with van der Waals surface area (Å²) in [7, 11) is 0. The predicted molar refractivity (Wildman–Crippen MR) is 293 cm³/mol. The van der Waals surface area contributed by atoms with Crippen LogP contribution >= 0.6 is 0 Å². The first-order valence-electron chi connectivity index (χ1n) is 28.6. The zero-order valence-electron chi connectivity index (χ0n) is 44.6. The highest BCUT2D eigenvalue weighted by Gasteiger charge is 2.19. The van der Waals surface area contributed by atoms with Crippen LogP contribution in [0.1, 0.15) is 271 Å². The van der Waals surface area contributed by atoms with Crippen LogP contribution < -0.4 is 0 Å². The van der Waals surface area contributed by atoms with E-state index in [0.717, 1.165) is 109 Å². The van der Waals surface area contributed by atoms with Crippen molar-refractivity contribution in [3.05, 3.63) is 85.1 Å². The van der Waals surface area contributed by atoms with E-state index in [0.29, 0.717) is 19.3 Å². The van der Waals surface area contributed by atoms with E-state index in [1.165, 1.54) is 122 Å². The molecular weight excluding hydrogens is 841 g/mol. The summed E-state index contributed by atoms with van der Waals surface area (Å²) < 4.78 is 16.8. The smallest absolute Gasteiger partial charge is 0.306 e. The molecule has 390 valence electrons. The number of esters is 3. The molecular formula is C62H106O6. The van der Waals surface area contributed by atoms with Crippen LogP contribution in [-0.4, -0.2) is 37.2 Å². The Morgan fingerprint density at radius 1 is 0.309 bits per heavy atom. The summed E-state index contributed by atoms with van der Waals surface area (Å²) in [4.78, 5) is 38.0. The van der Waals surface area contributed by atoms with E-state index >= 15 is 0 Å². The summed E-state index contributed by atoms with van der Waals surface area (Å²) >= 11 is 0. The third kappa shape index (κ3) is 53.5. The van der Waals surface area contributed by atoms with Gasteiger partial charge in [-0.1, -0.05) is 241 Å². The molecule has 0 spiro atoms. The molecule has 0 aliphatic heterocycles. The van der Waals surface area contributed by atoms with Gasteiger partial charge < -0.3 is 14.2 Å². The summed E-state index contributed by atoms with van der Waals surface area (Å²) in [6, 6.07) is 0. The molecule has 6 nitrogen and oxygen atoms in total. The van der Waals surface area contributed by atoms with Crippen molar-refractivity contribution in [2.75, 3.05) is 13.2 Å². The fraction of sp³-hybridized carbons (Fsp3) is 0.726. The lowest BCUT2D eigenvalue weighted by molar-refractivity contribution is -0.167. The van der Waals surface area contributed by atoms with Gasteiger partial charge in [0.2, 0.25) is 0 Å². The molecule has 0 aliphatic rings. The van der Waals surface area contributed by atoms with Crippen molar-refractivity contribution < 1.29 is 28.6 Å². The molecule has 0 fully saturated rings. The van der Waals surface area contributed by atoms with Crippen molar-refractivity contribution in [1.29, 1.82) is 0 Å². The van der Waals surface area contributed by atoms with Crippen LogP contribution in [-0.2, 0) is 28.6 Å². The van der Waals surface area contributed by atoms with Crippen molar-refractivity contribution in [2.24, 2.45) is 0 Å². The Labute approximate surface area is 420 Å². The molecule has 0 saturated heterocycles. The fourth-order valence-corrected chi connectivity index (χ4v) is 7.85. The van der Waals surface area contributed by atoms with Gasteiger partial charge in [0, 0.05) is 19.3 Å². The Morgan fingerprint density at radius 2 is 0.574 bits per heavy atom. The van der Waals surface area contributed by atoms with Crippen LogP contribution in [0.4, 0.5) is 0 Å². The average molecular weight is 948 g/mol. The maximum Gasteiger partial charge on any atom is 0.306 e. The minimum atomic E-state index is -0.789. The van der Waals surface area contributed by atoms with Gasteiger partial charge in [-0.3, -0.25) is 14.4 Å². The minimum absolute atomic E-state index is 0.0869. The lowest BCUT2D eigenvalue weighted by Gasteiger charge is -2.18. The zero-order chi connectivity index (χ0) is 49.3. The van der Waals surface area contributed by atoms with Gasteiger partial charge in [0.25, 0.3) is 0 Å². The van der Waals surface area contributed by atoms with Gasteiger partial charge in [0.05, 0.1) is 0 Å². The highest BCUT2D eigenvalue weighted by Crippen LogP contribution is 2.15. The van der Waals surface area contributed by atoms with Crippen molar-refractivity contribution in [3.63, 3.8) is 0 Å². The molecule has 0 radical (unpaired) electrons. The summed E-state index contributed by atoms with van der Waals surface area (Å²) in [5.41, 5.74) is 0. The molecule has 0 aromatic carbocycles. The first-order chi connectivity index (χ1) is 33.5. The van der Waals surface area contributed by atoms with Crippen molar-refractivity contribution in [3.8, 4) is 0 Å². The quantitative estimate of drug-likeness (QED) is 0.0262. The normalized spacial score (nSPS) is 12.7. The molecule has 0 rings (SSSR count). The Balaban J connectivity index is 4.25. The second-order valence-corrected chi connectivity index (χ2v) is 18.8. The van der Waals surface area contributed by atoms with Crippen molar-refractivity contribution in [2.45, 2.75) is 277 Å². The van der Waals surface area contributed by atoms with E-state index in [-0.39, 0.29) is 31.1 Å². The predicted octanol–water partition coefficient (Wildman–Crippen LogP) is 19.2. The van der Waals surface area contributed by atoms with Gasteiger partial charge in [-0.2, -0.15) is 0 Å². The summed E-state index contributed by atoms with van der Waals surface area (Å²) in [6.07, 6.45) is 73.0. The van der Waals surface area contributed by atoms with E-state index in [9.17, 15) is 14.4 Å². The number of carbonyl (C=O) groups excluding carboxylic acids is 3. The van der Waals surface area contributed by atoms with Gasteiger partial charge in [-0.15, -0.1) is 0 Å². The van der Waals surface area contributed by atoms with Crippen molar-refractivity contribution >= 4 is 17.9 Å². The monoisotopic (exact) mass is 947 g/mol. The SMILES string of the molecule is CC/C=C\C/C=C\C/C=C\C/C=C\CCCCCCC(=O)OC(COC(=O)CCCCCCCCCC)COC(=O)CCCCCCCCCCCC/C=C\C/C=C\C/C=C\CCCCCCC. The van der Waals surface area contributed by atoms with Crippen LogP contribution in [0.5, 0.6) is 0 Å². The number of ether oxygens (including phenoxy) is 3. The van der Waals surface area contributed by atoms with Gasteiger partial charge in [-0.25, -0.2) is 0 Å². The lowest BCUT2D eigenvalue weighted by Crippen LogP contribution is -2.30. The average Bonchev–Trinajstić information content (AvgIpc) is 3.34. The van der Waals surface area contributed by atoms with Crippen LogP contribution in [0.3, 0.4) is 0 Å². The minimum Gasteiger partial charge on any atom is -0.462 e. The number of rotatable bonds is 51. The van der Waals surface area contributed by atoms with Crippen molar-refractivity contribution in [1.82, 2.24) is 0 Å². The topological polar surface area (TPSA) is 78.9 Å². The maximum atomic E-state index is 12.8. The molecule has 0 heterocycles. The number of hydrogen-bond donors (Lipinski definition) is 0. The van der Waals surface area contributed by atoms with Crippen LogP contribution in [0.2, 0.25) is 0 Å². The molecule has 68 heavy (non-hydrogen) atoms. The molecule has 0 amide bonds. The van der Waals surface area contributed by atoms with Gasteiger partial charge in [0.15, 0.2) is 6.10 Å². The number of allylic oxidation sites excluding steroid dienone is 14. The van der Waals surface area contributed by atoms with E-state index < -0.39 is 6.10 Å². The lowest BCUT2D eigenvalue weighted by atomic mass is 10.1. The number of hydrogen-bond acceptors (Lipinski definition) is 6. The van der Waals surface area contributed by atoms with Crippen LogP contribution in [0.25, 0.3) is 0 Å². The van der Waals surface area contributed by atoms with E-state index in [2.05, 4.69) is 106 Å². The Kier molecular flexibility index (Phi) is 53.4. The standard InChI is InChI=1S/C62H106O6/c1-4-7-10-13-16-19-21-23-25-27-28-29-30-31-32-33-34-36-37-39-41-43-46-49-52-55-61(64)67-58-59(57-66-60(63)54-51-48-45-18-15-12-9-6-3)68-62(65)56-53-50-47-44-42-40-38-35-26-24-22-20-17-14-11-8-5-2/h8,11,17,20-21,23-24,26-28,30-31,38,40,59H,4-7,9-10,12-16,18-19,22,25,29,32-37,39,41-58H2,1-3H3/b11-8-,20-17-,23-21-,26-24-,28-27-,31-30-,40-38-. The molecule has 0 aliphatic carbocycles. The van der Waals surface area contributed by atoms with E-state index in [1.54, 1.807) is 0 Å². The third-order valence-corrected chi connectivity index (χ3v) is 12.1. The zero-order valence-corrected chi connectivity index (χ0v) is 44.6. The third-order valence-electron chi connectivity index (χ3n) is 12.1. The van der Waals surface area contributed by atoms with Crippen LogP contribution in [0.15, 0.2) is 85.1 Å². The molecule has 0 aromatic heterocycles. The molecule has 0 bridgehead atoms. The summed E-state index contributed by atoms with van der Waals surface area (Å²) in [6.45, 7) is 6.47. The Bertz CT molecular complexity index is 1320. The first-order valence-corrected chi connectivity index (χ1v) is 28.6. The second kappa shape index (κ2) is 56.2. The fourth-order valence-electron chi connectivity index (χ4n) is 7.85. The summed E-state index contributed by atoms with van der Waals surface area (Å²) in [5.74, 6) is -0.916. The largest absolute Gasteiger partial charge is 0.462 e. The Morgan fingerprint density at radius 3 is 0.897 bits per heavy atom. The molecule has 0 aromatic rings. The number of unbranched alkanes of at least 4 members (excludes halogenated alkanes) is 26. The molecule has 0 saturated carbocycles. The van der Waals surface area contributed by atoms with Gasteiger partial charge in [-0.05, 0) is 96.3 Å². The summed E-state index contributed by atoms with van der Waals surface area (Å²) in [5, 5.41) is 0. The second-order valence-electron chi connectivity index (χ2n) is 18.8. The molecule has 6 heteroatoms. The van der Waals surface area contributed by atoms with Crippen LogP contribution in [0, 0.1) is 0 Å². The maximum absolute atomic E-state index is 12.8. The molecule has 1 unspecified atom stereocenters.